The summed E-state index contributed by atoms with van der Waals surface area (Å²) in [7, 11) is 0. The molecule has 7 nitrogen and oxygen atoms in total. The van der Waals surface area contributed by atoms with E-state index in [9.17, 15) is 14.7 Å². The van der Waals surface area contributed by atoms with Gasteiger partial charge in [0, 0.05) is 42.6 Å². The van der Waals surface area contributed by atoms with E-state index in [1.54, 1.807) is 19.1 Å². The third-order valence-electron chi connectivity index (χ3n) is 5.64. The highest BCUT2D eigenvalue weighted by Crippen LogP contribution is 2.28. The Morgan fingerprint density at radius 1 is 1.33 bits per heavy atom. The van der Waals surface area contributed by atoms with Crippen LogP contribution in [0.5, 0.6) is 5.75 Å². The highest BCUT2D eigenvalue weighted by molar-refractivity contribution is 5.84. The number of carbonyl (C=O) groups is 1. The highest BCUT2D eigenvalue weighted by atomic mass is 16.5. The van der Waals surface area contributed by atoms with Gasteiger partial charge in [-0.15, -0.1) is 0 Å². The van der Waals surface area contributed by atoms with E-state index in [1.807, 2.05) is 13.8 Å². The molecule has 1 aliphatic heterocycles. The molecule has 164 valence electrons. The first-order chi connectivity index (χ1) is 14.3. The monoisotopic (exact) mass is 416 g/mol. The van der Waals surface area contributed by atoms with Gasteiger partial charge < -0.3 is 19.6 Å². The summed E-state index contributed by atoms with van der Waals surface area (Å²) in [6.45, 7) is 9.26. The minimum atomic E-state index is -0.415. The number of aromatic hydroxyl groups is 1. The molecule has 0 radical (unpaired) electrons. The fourth-order valence-corrected chi connectivity index (χ4v) is 3.89. The predicted molar refractivity (Wildman–Crippen MR) is 116 cm³/mol. The van der Waals surface area contributed by atoms with Crippen LogP contribution in [-0.2, 0) is 16.1 Å². The molecule has 0 aliphatic carbocycles. The van der Waals surface area contributed by atoms with Crippen LogP contribution in [0.1, 0.15) is 44.2 Å². The first-order valence-electron chi connectivity index (χ1n) is 10.7. The number of nitrogens with zero attached hydrogens (tertiary/aromatic N) is 1. The third-order valence-corrected chi connectivity index (χ3v) is 5.64. The Morgan fingerprint density at radius 3 is 2.77 bits per heavy atom. The highest BCUT2D eigenvalue weighted by Gasteiger charge is 2.25. The average Bonchev–Trinajstić information content (AvgIpc) is 2.71. The van der Waals surface area contributed by atoms with Gasteiger partial charge in [-0.05, 0) is 70.8 Å². The van der Waals surface area contributed by atoms with Crippen molar-refractivity contribution in [1.29, 1.82) is 0 Å². The van der Waals surface area contributed by atoms with E-state index < -0.39 is 5.63 Å². The van der Waals surface area contributed by atoms with Crippen molar-refractivity contribution in [2.45, 2.75) is 52.7 Å². The number of ether oxygens (including phenoxy) is 1. The van der Waals surface area contributed by atoms with E-state index in [4.69, 9.17) is 9.15 Å². The molecule has 0 spiro atoms. The second kappa shape index (κ2) is 10.1. The summed E-state index contributed by atoms with van der Waals surface area (Å²) in [4.78, 5) is 26.7. The molecule has 0 saturated carbocycles. The van der Waals surface area contributed by atoms with Gasteiger partial charge >= 0.3 is 5.63 Å². The molecule has 1 amide bonds. The Morgan fingerprint density at radius 2 is 2.07 bits per heavy atom. The molecule has 0 bridgehead atoms. The Hall–Kier alpha value is -2.38. The number of carbonyl (C=O) groups excluding carboxylic acids is 1. The predicted octanol–water partition coefficient (Wildman–Crippen LogP) is 2.95. The summed E-state index contributed by atoms with van der Waals surface area (Å²) < 4.78 is 10.8. The number of phenols is 1. The maximum absolute atomic E-state index is 12.4. The molecular formula is C23H32N2O5. The number of fused-ring (bicyclic) bond motifs is 1. The number of benzene rings is 1. The molecule has 3 rings (SSSR count). The first-order valence-corrected chi connectivity index (χ1v) is 10.7. The molecule has 7 heteroatoms. The smallest absolute Gasteiger partial charge is 0.336 e. The maximum atomic E-state index is 12.4. The van der Waals surface area contributed by atoms with Crippen LogP contribution < -0.4 is 10.9 Å². The van der Waals surface area contributed by atoms with Gasteiger partial charge in [0.2, 0.25) is 5.91 Å². The lowest BCUT2D eigenvalue weighted by molar-refractivity contribution is -0.126. The number of aryl methyl sites for hydroxylation is 1. The standard InChI is InChI=1S/C23H32N2O5/c1-15(2)29-12-4-9-24-23(28)17-7-10-25(11-8-17)14-18-13-21(27)30-22-16(3)20(26)6-5-19(18)22/h5-6,13,15,17,26H,4,7-12,14H2,1-3H3,(H,24,28). The van der Waals surface area contributed by atoms with E-state index in [1.165, 1.54) is 6.07 Å². The Kier molecular flexibility index (Phi) is 7.50. The van der Waals surface area contributed by atoms with Crippen molar-refractivity contribution in [1.82, 2.24) is 10.2 Å². The van der Waals surface area contributed by atoms with E-state index in [2.05, 4.69) is 10.2 Å². The van der Waals surface area contributed by atoms with Gasteiger partial charge in [-0.2, -0.15) is 0 Å². The van der Waals surface area contributed by atoms with Crippen LogP contribution in [0.4, 0.5) is 0 Å². The second-order valence-electron chi connectivity index (χ2n) is 8.29. The topological polar surface area (TPSA) is 92.0 Å². The van der Waals surface area contributed by atoms with Crippen LogP contribution in [0.15, 0.2) is 27.4 Å². The molecule has 2 heterocycles. The molecule has 1 fully saturated rings. The number of hydrogen-bond donors (Lipinski definition) is 2. The lowest BCUT2D eigenvalue weighted by Gasteiger charge is -2.31. The summed E-state index contributed by atoms with van der Waals surface area (Å²) in [6, 6.07) is 4.94. The van der Waals surface area contributed by atoms with Crippen molar-refractivity contribution in [3.05, 3.63) is 39.7 Å². The van der Waals surface area contributed by atoms with Crippen molar-refractivity contribution in [2.24, 2.45) is 5.92 Å². The molecular weight excluding hydrogens is 384 g/mol. The summed E-state index contributed by atoms with van der Waals surface area (Å²) in [6.07, 6.45) is 2.63. The van der Waals surface area contributed by atoms with Gasteiger partial charge in [0.05, 0.1) is 6.10 Å². The summed E-state index contributed by atoms with van der Waals surface area (Å²) in [5, 5.41) is 13.8. The van der Waals surface area contributed by atoms with Crippen LogP contribution in [0, 0.1) is 12.8 Å². The van der Waals surface area contributed by atoms with Crippen LogP contribution >= 0.6 is 0 Å². The lowest BCUT2D eigenvalue weighted by Crippen LogP contribution is -2.40. The van der Waals surface area contributed by atoms with Crippen LogP contribution in [-0.4, -0.2) is 48.3 Å². The van der Waals surface area contributed by atoms with Crippen molar-refractivity contribution in [3.63, 3.8) is 0 Å². The number of piperidine rings is 1. The van der Waals surface area contributed by atoms with Crippen molar-refractivity contribution in [3.8, 4) is 5.75 Å². The Balaban J connectivity index is 1.53. The van der Waals surface area contributed by atoms with Crippen molar-refractivity contribution >= 4 is 16.9 Å². The molecule has 0 atom stereocenters. The minimum absolute atomic E-state index is 0.0315. The minimum Gasteiger partial charge on any atom is -0.508 e. The Bertz CT molecular complexity index is 929. The fourth-order valence-electron chi connectivity index (χ4n) is 3.89. The molecule has 1 aliphatic rings. The zero-order chi connectivity index (χ0) is 21.7. The van der Waals surface area contributed by atoms with Gasteiger partial charge in [-0.25, -0.2) is 4.79 Å². The van der Waals surface area contributed by atoms with Gasteiger partial charge in [-0.1, -0.05) is 0 Å². The first kappa shape index (κ1) is 22.3. The van der Waals surface area contributed by atoms with Gasteiger partial charge in [0.1, 0.15) is 11.3 Å². The van der Waals surface area contributed by atoms with Crippen LogP contribution in [0.3, 0.4) is 0 Å². The van der Waals surface area contributed by atoms with Crippen LogP contribution in [0.25, 0.3) is 11.0 Å². The average molecular weight is 417 g/mol. The summed E-state index contributed by atoms with van der Waals surface area (Å²) in [5.41, 5.74) is 1.48. The normalized spacial score (nSPS) is 15.7. The van der Waals surface area contributed by atoms with Gasteiger partial charge in [0.15, 0.2) is 0 Å². The van der Waals surface area contributed by atoms with Gasteiger partial charge in [0.25, 0.3) is 0 Å². The number of likely N-dealkylation sites (tertiary alicyclic amines) is 1. The maximum Gasteiger partial charge on any atom is 0.336 e. The molecule has 2 N–H and O–H groups in total. The molecule has 30 heavy (non-hydrogen) atoms. The molecule has 1 saturated heterocycles. The largest absolute Gasteiger partial charge is 0.508 e. The van der Waals surface area contributed by atoms with E-state index in [-0.39, 0.29) is 23.7 Å². The zero-order valence-corrected chi connectivity index (χ0v) is 18.1. The number of nitrogens with one attached hydrogen (secondary N) is 1. The second-order valence-corrected chi connectivity index (χ2v) is 8.29. The SMILES string of the molecule is Cc1c(O)ccc2c(CN3CCC(C(=O)NCCCOC(C)C)CC3)cc(=O)oc12. The molecule has 1 aromatic heterocycles. The quantitative estimate of drug-likeness (QED) is 0.508. The summed E-state index contributed by atoms with van der Waals surface area (Å²) in [5.74, 6) is 0.269. The molecule has 0 unspecified atom stereocenters. The molecule has 1 aromatic carbocycles. The number of amides is 1. The van der Waals surface area contributed by atoms with Crippen molar-refractivity contribution in [2.75, 3.05) is 26.2 Å². The van der Waals surface area contributed by atoms with Gasteiger partial charge in [-0.3, -0.25) is 9.69 Å². The van der Waals surface area contributed by atoms with Crippen molar-refractivity contribution < 1.29 is 19.1 Å². The van der Waals surface area contributed by atoms with E-state index in [0.717, 1.165) is 43.3 Å². The number of rotatable bonds is 8. The summed E-state index contributed by atoms with van der Waals surface area (Å²) >= 11 is 0. The number of hydrogen-bond acceptors (Lipinski definition) is 6. The lowest BCUT2D eigenvalue weighted by atomic mass is 9.95. The Labute approximate surface area is 177 Å². The van der Waals surface area contributed by atoms with E-state index in [0.29, 0.717) is 30.8 Å². The zero-order valence-electron chi connectivity index (χ0n) is 18.1. The molecule has 2 aromatic rings. The van der Waals surface area contributed by atoms with Crippen LogP contribution in [0.2, 0.25) is 0 Å². The number of phenolic OH excluding ortho intramolecular Hbond substituents is 1. The fraction of sp³-hybridized carbons (Fsp3) is 0.565. The third kappa shape index (κ3) is 5.61. The van der Waals surface area contributed by atoms with E-state index >= 15 is 0 Å².